The molecule has 1 unspecified atom stereocenters. The van der Waals surface area contributed by atoms with E-state index >= 15 is 0 Å². The van der Waals surface area contributed by atoms with Crippen LogP contribution in [-0.4, -0.2) is 47.3 Å². The minimum atomic E-state index is -3.50. The van der Waals surface area contributed by atoms with E-state index in [9.17, 15) is 23.1 Å². The first-order valence-electron chi connectivity index (χ1n) is 12.6. The van der Waals surface area contributed by atoms with Gasteiger partial charge in [-0.05, 0) is 68.5 Å². The smallest absolute Gasteiger partial charge is 0.304 e. The van der Waals surface area contributed by atoms with Crippen molar-refractivity contribution in [3.63, 3.8) is 0 Å². The van der Waals surface area contributed by atoms with Crippen molar-refractivity contribution < 1.29 is 23.1 Å². The number of rotatable bonds is 10. The molecule has 202 valence electrons. The number of carbonyl (C=O) groups excluding carboxylic acids is 1. The maximum Gasteiger partial charge on any atom is 0.304 e. The molecule has 0 spiro atoms. The van der Waals surface area contributed by atoms with Crippen molar-refractivity contribution in [3.8, 4) is 0 Å². The summed E-state index contributed by atoms with van der Waals surface area (Å²) in [6, 6.07) is 13.4. The molecule has 1 amide bonds. The van der Waals surface area contributed by atoms with E-state index in [0.29, 0.717) is 29.3 Å². The number of nitrogens with zero attached hydrogens (tertiary/aromatic N) is 1. The van der Waals surface area contributed by atoms with Gasteiger partial charge >= 0.3 is 5.97 Å². The third-order valence-electron chi connectivity index (χ3n) is 7.64. The van der Waals surface area contributed by atoms with Crippen LogP contribution in [0.3, 0.4) is 0 Å². The summed E-state index contributed by atoms with van der Waals surface area (Å²) < 4.78 is 26.1. The number of carboxylic acid groups (broad SMARTS) is 1. The normalized spacial score (nSPS) is 23.3. The minimum Gasteiger partial charge on any atom is -0.481 e. The van der Waals surface area contributed by atoms with Gasteiger partial charge in [-0.3, -0.25) is 9.59 Å². The molecule has 3 rings (SSSR count). The first kappa shape index (κ1) is 29.5. The fraction of sp³-hybridized carbons (Fsp3) is 0.500. The lowest BCUT2D eigenvalue weighted by atomic mass is 9.65. The molecule has 1 fully saturated rings. The average Bonchev–Trinajstić information content (AvgIpc) is 2.84. The third-order valence-corrected chi connectivity index (χ3v) is 10.4. The highest BCUT2D eigenvalue weighted by molar-refractivity contribution is 7.92. The average molecular weight is 569 g/mol. The fourth-order valence-corrected chi connectivity index (χ4v) is 7.05. The molecule has 0 aliphatic carbocycles. The Morgan fingerprint density at radius 2 is 1.73 bits per heavy atom. The van der Waals surface area contributed by atoms with Crippen LogP contribution in [0, 0.1) is 5.41 Å². The minimum absolute atomic E-state index is 0.202. The van der Waals surface area contributed by atoms with Crippen LogP contribution in [0.25, 0.3) is 0 Å². The number of sulfone groups is 1. The molecule has 9 heteroatoms. The van der Waals surface area contributed by atoms with Gasteiger partial charge in [-0.15, -0.1) is 0 Å². The number of hydrogen-bond acceptors (Lipinski definition) is 4. The highest BCUT2D eigenvalue weighted by Gasteiger charge is 2.54. The Hall–Kier alpha value is -2.09. The molecule has 1 aliphatic heterocycles. The van der Waals surface area contributed by atoms with Gasteiger partial charge in [0, 0.05) is 22.0 Å². The van der Waals surface area contributed by atoms with Crippen LogP contribution in [0.1, 0.15) is 76.5 Å². The van der Waals surface area contributed by atoms with E-state index in [1.807, 2.05) is 44.2 Å². The molecule has 4 atom stereocenters. The summed E-state index contributed by atoms with van der Waals surface area (Å²) in [6.45, 7) is 6.95. The molecule has 1 N–H and O–H groups in total. The zero-order valence-corrected chi connectivity index (χ0v) is 24.0. The van der Waals surface area contributed by atoms with E-state index in [2.05, 4.69) is 0 Å². The number of benzene rings is 2. The highest BCUT2D eigenvalue weighted by atomic mass is 35.5. The Morgan fingerprint density at radius 1 is 1.08 bits per heavy atom. The van der Waals surface area contributed by atoms with E-state index in [1.165, 1.54) is 0 Å². The van der Waals surface area contributed by atoms with E-state index in [-0.39, 0.29) is 24.0 Å². The second kappa shape index (κ2) is 11.7. The van der Waals surface area contributed by atoms with Crippen LogP contribution >= 0.6 is 23.2 Å². The van der Waals surface area contributed by atoms with E-state index in [0.717, 1.165) is 11.1 Å². The lowest BCUT2D eigenvalue weighted by Crippen LogP contribution is -2.58. The molecule has 1 saturated heterocycles. The molecule has 0 aromatic heterocycles. The van der Waals surface area contributed by atoms with Gasteiger partial charge < -0.3 is 10.0 Å². The molecule has 37 heavy (non-hydrogen) atoms. The van der Waals surface area contributed by atoms with Gasteiger partial charge in [-0.2, -0.15) is 0 Å². The number of piperidine rings is 1. The van der Waals surface area contributed by atoms with Gasteiger partial charge in [0.1, 0.15) is 0 Å². The van der Waals surface area contributed by atoms with Crippen molar-refractivity contribution in [3.05, 3.63) is 69.7 Å². The molecule has 0 saturated carbocycles. The van der Waals surface area contributed by atoms with Crippen molar-refractivity contribution >= 4 is 44.9 Å². The summed E-state index contributed by atoms with van der Waals surface area (Å²) in [5, 5.41) is 10.3. The number of carboxylic acids is 1. The van der Waals surface area contributed by atoms with Crippen molar-refractivity contribution in [2.45, 2.75) is 76.6 Å². The highest BCUT2D eigenvalue weighted by Crippen LogP contribution is 2.53. The van der Waals surface area contributed by atoms with Gasteiger partial charge in [-0.25, -0.2) is 8.42 Å². The zero-order chi connectivity index (χ0) is 27.5. The molecule has 1 heterocycles. The van der Waals surface area contributed by atoms with Crippen LogP contribution in [0.4, 0.5) is 0 Å². The van der Waals surface area contributed by atoms with Gasteiger partial charge in [-0.1, -0.05) is 61.3 Å². The standard InChI is InChI=1S/C28H35Cl2NO5S/c1-5-23(17-37(35,36)18(3)4)31-26(19-10-12-21(29)13-11-19)24(20-8-7-9-22(30)14-20)15-28(6-2,27(31)34)16-25(32)33/h7-14,18,23-24,26H,5-6,15-17H2,1-4H3,(H,32,33)/t23?,24-,26-,28-/m1/s1. The van der Waals surface area contributed by atoms with Crippen LogP contribution in [0.5, 0.6) is 0 Å². The lowest BCUT2D eigenvalue weighted by Gasteiger charge is -2.52. The number of amides is 1. The van der Waals surface area contributed by atoms with Crippen molar-refractivity contribution in [2.75, 3.05) is 5.75 Å². The molecule has 1 aliphatic rings. The molecule has 2 aromatic rings. The topological polar surface area (TPSA) is 91.8 Å². The van der Waals surface area contributed by atoms with E-state index in [1.54, 1.807) is 36.9 Å². The molecular formula is C28H35Cl2NO5S. The Labute approximate surface area is 229 Å². The summed E-state index contributed by atoms with van der Waals surface area (Å²) in [7, 11) is -3.50. The summed E-state index contributed by atoms with van der Waals surface area (Å²) in [5.41, 5.74) is 0.495. The van der Waals surface area contributed by atoms with Gasteiger partial charge in [0.15, 0.2) is 9.84 Å². The second-order valence-corrected chi connectivity index (χ2v) is 13.7. The number of halogens is 2. The van der Waals surface area contributed by atoms with E-state index < -0.39 is 38.6 Å². The molecule has 6 nitrogen and oxygen atoms in total. The Bertz CT molecular complexity index is 1230. The van der Waals surface area contributed by atoms with E-state index in [4.69, 9.17) is 23.2 Å². The van der Waals surface area contributed by atoms with Gasteiger partial charge in [0.2, 0.25) is 5.91 Å². The monoisotopic (exact) mass is 567 g/mol. The quantitative estimate of drug-likeness (QED) is 0.352. The predicted octanol–water partition coefficient (Wildman–Crippen LogP) is 6.52. The summed E-state index contributed by atoms with van der Waals surface area (Å²) in [5.74, 6) is -1.89. The maximum atomic E-state index is 14.4. The fourth-order valence-electron chi connectivity index (χ4n) is 5.41. The Balaban J connectivity index is 2.30. The number of carbonyl (C=O) groups is 2. The van der Waals surface area contributed by atoms with Gasteiger partial charge in [0.25, 0.3) is 0 Å². The lowest BCUT2D eigenvalue weighted by molar-refractivity contribution is -0.161. The maximum absolute atomic E-state index is 14.4. The van der Waals surface area contributed by atoms with Crippen molar-refractivity contribution in [2.24, 2.45) is 5.41 Å². The van der Waals surface area contributed by atoms with Crippen LogP contribution in [-0.2, 0) is 19.4 Å². The Morgan fingerprint density at radius 3 is 2.24 bits per heavy atom. The van der Waals surface area contributed by atoms with Crippen LogP contribution in [0.2, 0.25) is 10.0 Å². The zero-order valence-electron chi connectivity index (χ0n) is 21.7. The van der Waals surface area contributed by atoms with Crippen LogP contribution < -0.4 is 0 Å². The number of aliphatic carboxylic acids is 1. The first-order valence-corrected chi connectivity index (χ1v) is 15.1. The third kappa shape index (κ3) is 6.32. The summed E-state index contributed by atoms with van der Waals surface area (Å²) in [6.07, 6.45) is 0.673. The molecule has 0 bridgehead atoms. The van der Waals surface area contributed by atoms with Crippen molar-refractivity contribution in [1.29, 1.82) is 0 Å². The predicted molar refractivity (Wildman–Crippen MR) is 148 cm³/mol. The van der Waals surface area contributed by atoms with Crippen LogP contribution in [0.15, 0.2) is 48.5 Å². The number of hydrogen-bond donors (Lipinski definition) is 1. The molecule has 0 radical (unpaired) electrons. The molecule has 2 aromatic carbocycles. The summed E-state index contributed by atoms with van der Waals surface area (Å²) >= 11 is 12.6. The van der Waals surface area contributed by atoms with Crippen molar-refractivity contribution in [1.82, 2.24) is 4.90 Å². The second-order valence-electron chi connectivity index (χ2n) is 10.2. The largest absolute Gasteiger partial charge is 0.481 e. The first-order chi connectivity index (χ1) is 17.3. The SMILES string of the molecule is CCC(CS(=O)(=O)C(C)C)N1C(=O)[C@@](CC)(CC(=O)O)C[C@H](c2cccc(Cl)c2)[C@H]1c1ccc(Cl)cc1. The number of likely N-dealkylation sites (tertiary alicyclic amines) is 1. The Kier molecular flexibility index (Phi) is 9.36. The summed E-state index contributed by atoms with van der Waals surface area (Å²) in [4.78, 5) is 28.1. The van der Waals surface area contributed by atoms with Gasteiger partial charge in [0.05, 0.1) is 28.9 Å². The molecular weight excluding hydrogens is 533 g/mol.